The average Bonchev–Trinajstić information content (AvgIpc) is 3.21. The molecule has 36 heavy (non-hydrogen) atoms. The summed E-state index contributed by atoms with van der Waals surface area (Å²) in [5, 5.41) is 1.15. The predicted molar refractivity (Wildman–Crippen MR) is 147 cm³/mol. The molecule has 0 unspecified atom stereocenters. The van der Waals surface area contributed by atoms with Crippen molar-refractivity contribution >= 4 is 56.8 Å². The van der Waals surface area contributed by atoms with Gasteiger partial charge in [0.15, 0.2) is 11.6 Å². The number of rotatable bonds is 5. The molecule has 0 spiro atoms. The molecule has 5 heterocycles. The van der Waals surface area contributed by atoms with Crippen molar-refractivity contribution in [1.29, 1.82) is 0 Å². The predicted octanol–water partition coefficient (Wildman–Crippen LogP) is 6.18. The van der Waals surface area contributed by atoms with Crippen LogP contribution in [0.1, 0.15) is 44.0 Å². The van der Waals surface area contributed by atoms with Gasteiger partial charge in [-0.3, -0.25) is 4.79 Å². The van der Waals surface area contributed by atoms with Gasteiger partial charge in [-0.2, -0.15) is 0 Å². The van der Waals surface area contributed by atoms with Crippen LogP contribution in [0.2, 0.25) is 5.02 Å². The Bertz CT molecular complexity index is 1430. The number of hydrogen-bond acceptors (Lipinski definition) is 6. The van der Waals surface area contributed by atoms with Gasteiger partial charge in [0.2, 0.25) is 0 Å². The van der Waals surface area contributed by atoms with E-state index in [0.29, 0.717) is 47.1 Å². The summed E-state index contributed by atoms with van der Waals surface area (Å²) in [5.41, 5.74) is 1.82. The number of pyridine rings is 2. The maximum atomic E-state index is 13.9. The van der Waals surface area contributed by atoms with Crippen LogP contribution in [0.25, 0.3) is 22.6 Å². The number of ketones is 1. The SMILES string of the molecule is CCn1cc(C(=O)C2C[C@@H](C)N(c3ncc(F)cc3I)[C@H](C)C2)c2cc(Cl)c(-c3ncccn3)nc21. The van der Waals surface area contributed by atoms with E-state index in [1.54, 1.807) is 18.5 Å². The van der Waals surface area contributed by atoms with E-state index in [1.165, 1.54) is 12.3 Å². The third-order valence-electron chi connectivity index (χ3n) is 6.79. The van der Waals surface area contributed by atoms with Gasteiger partial charge in [0.25, 0.3) is 0 Å². The first kappa shape index (κ1) is 25.0. The molecule has 0 radical (unpaired) electrons. The highest BCUT2D eigenvalue weighted by atomic mass is 127. The molecule has 0 saturated carbocycles. The maximum Gasteiger partial charge on any atom is 0.179 e. The van der Waals surface area contributed by atoms with Crippen LogP contribution in [-0.2, 0) is 6.54 Å². The fourth-order valence-electron chi connectivity index (χ4n) is 5.23. The summed E-state index contributed by atoms with van der Waals surface area (Å²) in [6.45, 7) is 6.87. The van der Waals surface area contributed by atoms with E-state index in [9.17, 15) is 9.18 Å². The normalized spacial score (nSPS) is 20.2. The topological polar surface area (TPSA) is 76.8 Å². The van der Waals surface area contributed by atoms with Crippen molar-refractivity contribution in [2.45, 2.75) is 52.2 Å². The Morgan fingerprint density at radius 3 is 2.50 bits per heavy atom. The summed E-state index contributed by atoms with van der Waals surface area (Å²) < 4.78 is 16.4. The minimum atomic E-state index is -0.352. The molecule has 4 aromatic heterocycles. The van der Waals surface area contributed by atoms with Gasteiger partial charge in [-0.05, 0) is 74.4 Å². The molecule has 7 nitrogen and oxygen atoms in total. The molecule has 4 aromatic rings. The molecular weight excluding hydrogens is 594 g/mol. The molecule has 0 aliphatic carbocycles. The summed E-state index contributed by atoms with van der Waals surface area (Å²) >= 11 is 8.73. The second-order valence-corrected chi connectivity index (χ2v) is 10.8. The second-order valence-electron chi connectivity index (χ2n) is 9.19. The molecule has 1 aliphatic heterocycles. The Hall–Kier alpha value is -2.66. The molecule has 1 fully saturated rings. The molecule has 10 heteroatoms. The molecule has 5 rings (SSSR count). The van der Waals surface area contributed by atoms with E-state index in [1.807, 2.05) is 23.8 Å². The molecular formula is C26H25ClFIN6O. The summed E-state index contributed by atoms with van der Waals surface area (Å²) in [6.07, 6.45) is 7.78. The number of hydrogen-bond donors (Lipinski definition) is 0. The van der Waals surface area contributed by atoms with Crippen molar-refractivity contribution in [3.63, 3.8) is 0 Å². The minimum absolute atomic E-state index is 0.0669. The van der Waals surface area contributed by atoms with Gasteiger partial charge in [-0.1, -0.05) is 11.6 Å². The standard InChI is InChI=1S/C26H25ClFIN6O/c1-4-34-13-19(18-11-20(27)22(33-25(18)34)24-30-6-5-7-31-24)23(36)16-8-14(2)35(15(3)9-16)26-21(29)10-17(28)12-32-26/h5-7,10-16H,4,8-9H2,1-3H3/t14-,15-/m1/s1. The highest BCUT2D eigenvalue weighted by molar-refractivity contribution is 14.1. The molecule has 0 N–H and O–H groups in total. The van der Waals surface area contributed by atoms with Crippen molar-refractivity contribution in [3.8, 4) is 11.5 Å². The minimum Gasteiger partial charge on any atom is -0.350 e. The number of Topliss-reactive ketones (excluding diaryl/α,β-unsaturated/α-hetero) is 1. The molecule has 186 valence electrons. The lowest BCUT2D eigenvalue weighted by Gasteiger charge is -2.43. The first-order valence-electron chi connectivity index (χ1n) is 11.9. The van der Waals surface area contributed by atoms with Crippen molar-refractivity contribution in [2.24, 2.45) is 5.92 Å². The number of carbonyl (C=O) groups excluding carboxylic acids is 1. The summed E-state index contributed by atoms with van der Waals surface area (Å²) in [7, 11) is 0. The monoisotopic (exact) mass is 618 g/mol. The van der Waals surface area contributed by atoms with Crippen molar-refractivity contribution < 1.29 is 9.18 Å². The molecule has 0 aromatic carbocycles. The zero-order chi connectivity index (χ0) is 25.6. The van der Waals surface area contributed by atoms with E-state index < -0.39 is 0 Å². The van der Waals surface area contributed by atoms with Crippen molar-refractivity contribution in [3.05, 3.63) is 63.0 Å². The lowest BCUT2D eigenvalue weighted by atomic mass is 9.82. The Morgan fingerprint density at radius 2 is 1.86 bits per heavy atom. The number of aromatic nitrogens is 5. The molecule has 1 saturated heterocycles. The van der Waals surface area contributed by atoms with Crippen molar-refractivity contribution in [1.82, 2.24) is 24.5 Å². The van der Waals surface area contributed by atoms with Crippen LogP contribution in [0.15, 0.2) is 43.0 Å². The van der Waals surface area contributed by atoms with Gasteiger partial charge in [0.1, 0.15) is 23.0 Å². The Morgan fingerprint density at radius 1 is 1.17 bits per heavy atom. The molecule has 0 amide bonds. The number of aryl methyl sites for hydroxylation is 1. The third kappa shape index (κ3) is 4.47. The Kier molecular flexibility index (Phi) is 6.95. The van der Waals surface area contributed by atoms with Crippen LogP contribution in [0.3, 0.4) is 0 Å². The van der Waals surface area contributed by atoms with Gasteiger partial charge in [-0.15, -0.1) is 0 Å². The summed E-state index contributed by atoms with van der Waals surface area (Å²) in [4.78, 5) is 33.7. The van der Waals surface area contributed by atoms with E-state index >= 15 is 0 Å². The first-order valence-corrected chi connectivity index (χ1v) is 13.3. The fourth-order valence-corrected chi connectivity index (χ4v) is 6.18. The smallest absolute Gasteiger partial charge is 0.179 e. The molecule has 1 aliphatic rings. The zero-order valence-electron chi connectivity index (χ0n) is 20.1. The Labute approximate surface area is 227 Å². The molecule has 2 atom stereocenters. The van der Waals surface area contributed by atoms with Gasteiger partial charge in [-0.25, -0.2) is 24.3 Å². The van der Waals surface area contributed by atoms with E-state index in [-0.39, 0.29) is 29.6 Å². The summed E-state index contributed by atoms with van der Waals surface area (Å²) in [6, 6.07) is 5.17. The van der Waals surface area contributed by atoms with E-state index in [0.717, 1.165) is 14.8 Å². The summed E-state index contributed by atoms with van der Waals surface area (Å²) in [5.74, 6) is 0.789. The quantitative estimate of drug-likeness (QED) is 0.196. The van der Waals surface area contributed by atoms with Crippen LogP contribution in [0.4, 0.5) is 10.2 Å². The number of nitrogens with zero attached hydrogens (tertiary/aromatic N) is 6. The first-order chi connectivity index (χ1) is 17.3. The third-order valence-corrected chi connectivity index (χ3v) is 7.87. The molecule has 0 bridgehead atoms. The number of piperidine rings is 1. The largest absolute Gasteiger partial charge is 0.350 e. The lowest BCUT2D eigenvalue weighted by Crippen LogP contribution is -2.49. The van der Waals surface area contributed by atoms with Gasteiger partial charge >= 0.3 is 0 Å². The van der Waals surface area contributed by atoms with E-state index in [2.05, 4.69) is 56.3 Å². The maximum absolute atomic E-state index is 13.9. The van der Waals surface area contributed by atoms with E-state index in [4.69, 9.17) is 16.6 Å². The second kappa shape index (κ2) is 10.0. The highest BCUT2D eigenvalue weighted by Crippen LogP contribution is 2.37. The van der Waals surface area contributed by atoms with Crippen LogP contribution < -0.4 is 4.90 Å². The van der Waals surface area contributed by atoms with Gasteiger partial charge in [0.05, 0.1) is 14.8 Å². The van der Waals surface area contributed by atoms with Crippen LogP contribution in [0, 0.1) is 15.3 Å². The fraction of sp³-hybridized carbons (Fsp3) is 0.346. The average molecular weight is 619 g/mol. The number of anilines is 1. The number of fused-ring (bicyclic) bond motifs is 1. The van der Waals surface area contributed by atoms with Gasteiger partial charge < -0.3 is 9.47 Å². The Balaban J connectivity index is 1.47. The van der Waals surface area contributed by atoms with Crippen LogP contribution in [-0.4, -0.2) is 42.4 Å². The lowest BCUT2D eigenvalue weighted by molar-refractivity contribution is 0.0878. The number of carbonyl (C=O) groups is 1. The zero-order valence-corrected chi connectivity index (χ0v) is 23.0. The number of halogens is 3. The van der Waals surface area contributed by atoms with Crippen LogP contribution >= 0.6 is 34.2 Å². The van der Waals surface area contributed by atoms with Gasteiger partial charge in [0, 0.05) is 54.1 Å². The van der Waals surface area contributed by atoms with Crippen LogP contribution in [0.5, 0.6) is 0 Å². The van der Waals surface area contributed by atoms with Crippen molar-refractivity contribution in [2.75, 3.05) is 4.90 Å². The highest BCUT2D eigenvalue weighted by Gasteiger charge is 2.37.